The van der Waals surface area contributed by atoms with Gasteiger partial charge in [-0.05, 0) is 44.5 Å². The summed E-state index contributed by atoms with van der Waals surface area (Å²) in [5.41, 5.74) is -0.123. The van der Waals surface area contributed by atoms with Crippen LogP contribution in [0.15, 0.2) is 47.8 Å². The average molecular weight is 478 g/mol. The number of rotatable bonds is 9. The lowest BCUT2D eigenvalue weighted by molar-refractivity contribution is -0.0151. The van der Waals surface area contributed by atoms with Gasteiger partial charge >= 0.3 is 0 Å². The zero-order valence-corrected chi connectivity index (χ0v) is 19.5. The summed E-state index contributed by atoms with van der Waals surface area (Å²) in [6.45, 7) is 2.82. The maximum Gasteiger partial charge on any atom is 0.240 e. The molecule has 1 unspecified atom stereocenters. The highest BCUT2D eigenvalue weighted by Gasteiger charge is 2.42. The molecule has 180 valence electrons. The van der Waals surface area contributed by atoms with E-state index in [9.17, 15) is 13.5 Å². The number of sulfonamides is 1. The standard InChI is InChI=1S/C22H31N5O5S/c1-23-33(29,30)20-4-2-3-19(11-20)31-15-18(28)13-25-17-12-22(32-14-17)6-9-27(10-7-22)21-5-8-24-16-26-21/h2-5,8,11,16-18,23,25,28H,6-7,9-10,12-15H2,1H3/t17?,18-/m0/s1. The third-order valence-corrected chi connectivity index (χ3v) is 7.66. The van der Waals surface area contributed by atoms with Crippen molar-refractivity contribution in [3.05, 3.63) is 42.9 Å². The van der Waals surface area contributed by atoms with Crippen LogP contribution in [0.4, 0.5) is 5.82 Å². The summed E-state index contributed by atoms with van der Waals surface area (Å²) in [6, 6.07) is 8.30. The number of hydrogen-bond acceptors (Lipinski definition) is 9. The molecule has 2 atom stereocenters. The Labute approximate surface area is 194 Å². The second-order valence-corrected chi connectivity index (χ2v) is 10.4. The van der Waals surface area contributed by atoms with Gasteiger partial charge in [0.25, 0.3) is 0 Å². The van der Waals surface area contributed by atoms with Gasteiger partial charge in [-0.2, -0.15) is 0 Å². The second-order valence-electron chi connectivity index (χ2n) is 8.51. The predicted octanol–water partition coefficient (Wildman–Crippen LogP) is 0.542. The van der Waals surface area contributed by atoms with Gasteiger partial charge in [-0.1, -0.05) is 6.07 Å². The Morgan fingerprint density at radius 1 is 1.33 bits per heavy atom. The Hall–Kier alpha value is -2.31. The summed E-state index contributed by atoms with van der Waals surface area (Å²) >= 11 is 0. The zero-order valence-electron chi connectivity index (χ0n) is 18.7. The molecule has 2 fully saturated rings. The van der Waals surface area contributed by atoms with Gasteiger partial charge in [-0.3, -0.25) is 0 Å². The number of nitrogens with zero attached hydrogens (tertiary/aromatic N) is 3. The summed E-state index contributed by atoms with van der Waals surface area (Å²) in [6.07, 6.45) is 5.38. The fourth-order valence-corrected chi connectivity index (χ4v) is 5.11. The van der Waals surface area contributed by atoms with Crippen molar-refractivity contribution in [1.82, 2.24) is 20.0 Å². The van der Waals surface area contributed by atoms with Crippen LogP contribution in [-0.4, -0.2) is 81.1 Å². The molecule has 3 N–H and O–H groups in total. The van der Waals surface area contributed by atoms with E-state index >= 15 is 0 Å². The van der Waals surface area contributed by atoms with E-state index in [2.05, 4.69) is 24.9 Å². The molecular weight excluding hydrogens is 446 g/mol. The molecule has 1 aromatic carbocycles. The van der Waals surface area contributed by atoms with Crippen LogP contribution in [0.5, 0.6) is 5.75 Å². The molecular formula is C22H31N5O5S. The van der Waals surface area contributed by atoms with E-state index in [-0.39, 0.29) is 23.1 Å². The molecule has 4 rings (SSSR count). The Morgan fingerprint density at radius 2 is 2.15 bits per heavy atom. The minimum Gasteiger partial charge on any atom is -0.491 e. The van der Waals surface area contributed by atoms with Gasteiger partial charge in [0.15, 0.2) is 0 Å². The number of aliphatic hydroxyl groups is 1. The topological polar surface area (TPSA) is 126 Å². The molecule has 0 radical (unpaired) electrons. The Bertz CT molecular complexity index is 1010. The minimum absolute atomic E-state index is 0.0582. The molecule has 10 nitrogen and oxygen atoms in total. The van der Waals surface area contributed by atoms with Gasteiger partial charge < -0.3 is 24.8 Å². The molecule has 11 heteroatoms. The van der Waals surface area contributed by atoms with Crippen LogP contribution in [-0.2, 0) is 14.8 Å². The van der Waals surface area contributed by atoms with Gasteiger partial charge in [0.05, 0.1) is 17.1 Å². The lowest BCUT2D eigenvalue weighted by Gasteiger charge is -2.39. The number of anilines is 1. The van der Waals surface area contributed by atoms with Crippen molar-refractivity contribution in [3.63, 3.8) is 0 Å². The molecule has 1 aromatic heterocycles. The van der Waals surface area contributed by atoms with Crippen LogP contribution in [0.1, 0.15) is 19.3 Å². The normalized spacial score (nSPS) is 21.3. The number of nitrogens with one attached hydrogen (secondary N) is 2. The van der Waals surface area contributed by atoms with E-state index in [0.29, 0.717) is 18.9 Å². The smallest absolute Gasteiger partial charge is 0.240 e. The van der Waals surface area contributed by atoms with E-state index in [1.807, 2.05) is 6.07 Å². The number of aliphatic hydroxyl groups excluding tert-OH is 1. The lowest BCUT2D eigenvalue weighted by Crippen LogP contribution is -2.45. The number of aromatic nitrogens is 2. The molecule has 2 aliphatic rings. The fourth-order valence-electron chi connectivity index (χ4n) is 4.34. The van der Waals surface area contributed by atoms with E-state index in [1.54, 1.807) is 24.7 Å². The fraction of sp³-hybridized carbons (Fsp3) is 0.545. The first-order valence-corrected chi connectivity index (χ1v) is 12.6. The molecule has 0 aliphatic carbocycles. The Morgan fingerprint density at radius 3 is 2.88 bits per heavy atom. The lowest BCUT2D eigenvalue weighted by atomic mass is 9.87. The predicted molar refractivity (Wildman–Crippen MR) is 123 cm³/mol. The Kier molecular flexibility index (Phi) is 7.45. The Balaban J connectivity index is 1.20. The van der Waals surface area contributed by atoms with Crippen LogP contribution in [0.2, 0.25) is 0 Å². The van der Waals surface area contributed by atoms with Crippen molar-refractivity contribution in [1.29, 1.82) is 0 Å². The first kappa shape index (κ1) is 23.8. The molecule has 0 bridgehead atoms. The van der Waals surface area contributed by atoms with Gasteiger partial charge in [0, 0.05) is 37.9 Å². The van der Waals surface area contributed by atoms with Crippen molar-refractivity contribution in [3.8, 4) is 5.75 Å². The highest BCUT2D eigenvalue weighted by Crippen LogP contribution is 2.36. The number of hydrogen-bond donors (Lipinski definition) is 3. The van der Waals surface area contributed by atoms with Crippen LogP contribution in [0.3, 0.4) is 0 Å². The minimum atomic E-state index is -3.54. The summed E-state index contributed by atoms with van der Waals surface area (Å²) < 4.78 is 37.9. The van der Waals surface area contributed by atoms with E-state index in [1.165, 1.54) is 19.2 Å². The monoisotopic (exact) mass is 477 g/mol. The largest absolute Gasteiger partial charge is 0.491 e. The van der Waals surface area contributed by atoms with Gasteiger partial charge in [0.2, 0.25) is 10.0 Å². The molecule has 2 saturated heterocycles. The van der Waals surface area contributed by atoms with Gasteiger partial charge in [-0.25, -0.2) is 23.1 Å². The van der Waals surface area contributed by atoms with Crippen LogP contribution in [0, 0.1) is 0 Å². The molecule has 2 aliphatic heterocycles. The molecule has 0 saturated carbocycles. The van der Waals surface area contributed by atoms with E-state index in [0.717, 1.165) is 38.2 Å². The molecule has 2 aromatic rings. The quantitative estimate of drug-likeness (QED) is 0.474. The van der Waals surface area contributed by atoms with Crippen LogP contribution >= 0.6 is 0 Å². The number of ether oxygens (including phenoxy) is 2. The molecule has 0 amide bonds. The average Bonchev–Trinajstić information content (AvgIpc) is 3.25. The van der Waals surface area contributed by atoms with E-state index < -0.39 is 16.1 Å². The molecule has 1 spiro atoms. The summed E-state index contributed by atoms with van der Waals surface area (Å²) in [4.78, 5) is 10.7. The second kappa shape index (κ2) is 10.3. The van der Waals surface area contributed by atoms with E-state index in [4.69, 9.17) is 9.47 Å². The van der Waals surface area contributed by atoms with Gasteiger partial charge in [-0.15, -0.1) is 0 Å². The first-order valence-electron chi connectivity index (χ1n) is 11.1. The maximum absolute atomic E-state index is 11.9. The SMILES string of the molecule is CNS(=O)(=O)c1cccc(OC[C@@H](O)CNC2COC3(CCN(c4ccncn4)CC3)C2)c1. The van der Waals surface area contributed by atoms with Gasteiger partial charge in [0.1, 0.15) is 30.6 Å². The number of benzene rings is 1. The third kappa shape index (κ3) is 5.98. The highest BCUT2D eigenvalue weighted by atomic mass is 32.2. The van der Waals surface area contributed by atoms with Crippen molar-refractivity contribution in [2.45, 2.75) is 41.9 Å². The van der Waals surface area contributed by atoms with Crippen molar-refractivity contribution in [2.24, 2.45) is 0 Å². The van der Waals surface area contributed by atoms with Crippen molar-refractivity contribution >= 4 is 15.8 Å². The third-order valence-electron chi connectivity index (χ3n) is 6.24. The summed E-state index contributed by atoms with van der Waals surface area (Å²) in [5.74, 6) is 1.34. The van der Waals surface area contributed by atoms with Crippen molar-refractivity contribution in [2.75, 3.05) is 44.8 Å². The first-order chi connectivity index (χ1) is 15.9. The van der Waals surface area contributed by atoms with Crippen LogP contribution in [0.25, 0.3) is 0 Å². The molecule has 33 heavy (non-hydrogen) atoms. The highest BCUT2D eigenvalue weighted by molar-refractivity contribution is 7.89. The maximum atomic E-state index is 11.9. The summed E-state index contributed by atoms with van der Waals surface area (Å²) in [7, 11) is -2.18. The molecule has 3 heterocycles. The van der Waals surface area contributed by atoms with Crippen molar-refractivity contribution < 1.29 is 23.0 Å². The number of piperidine rings is 1. The zero-order chi connectivity index (χ0) is 23.3. The summed E-state index contributed by atoms with van der Waals surface area (Å²) in [5, 5.41) is 13.7. The van der Waals surface area contributed by atoms with Crippen LogP contribution < -0.4 is 19.7 Å².